The highest BCUT2D eigenvalue weighted by Crippen LogP contribution is 2.38. The number of nitrogens with zero attached hydrogens (tertiary/aromatic N) is 1. The van der Waals surface area contributed by atoms with Crippen LogP contribution in [-0.4, -0.2) is 45.5 Å². The van der Waals surface area contributed by atoms with Crippen molar-refractivity contribution in [3.05, 3.63) is 22.7 Å². The number of guanidine groups is 1. The highest BCUT2D eigenvalue weighted by Gasteiger charge is 2.15. The molecule has 0 spiro atoms. The average Bonchev–Trinajstić information content (AvgIpc) is 2.79. The van der Waals surface area contributed by atoms with E-state index in [1.165, 1.54) is 0 Å². The van der Waals surface area contributed by atoms with Crippen LogP contribution in [0.25, 0.3) is 0 Å². The fourth-order valence-corrected chi connectivity index (χ4v) is 2.68. The van der Waals surface area contributed by atoms with Crippen LogP contribution in [0.3, 0.4) is 0 Å². The Hall–Kier alpha value is -1.66. The Bertz CT molecular complexity index is 566. The van der Waals surface area contributed by atoms with Gasteiger partial charge in [-0.3, -0.25) is 0 Å². The molecule has 0 bridgehead atoms. The highest BCUT2D eigenvalue weighted by molar-refractivity contribution is 6.32. The van der Waals surface area contributed by atoms with E-state index >= 15 is 0 Å². The van der Waals surface area contributed by atoms with Crippen molar-refractivity contribution in [2.45, 2.75) is 32.9 Å². The second-order valence-corrected chi connectivity index (χ2v) is 6.06. The Morgan fingerprint density at radius 2 is 2.17 bits per heavy atom. The third kappa shape index (κ3) is 5.46. The minimum atomic E-state index is 0.167. The first-order valence-corrected chi connectivity index (χ1v) is 8.63. The predicted octanol–water partition coefficient (Wildman–Crippen LogP) is 2.59. The van der Waals surface area contributed by atoms with E-state index in [1.54, 1.807) is 7.11 Å². The first-order valence-electron chi connectivity index (χ1n) is 8.25. The van der Waals surface area contributed by atoms with Crippen LogP contribution >= 0.6 is 11.6 Å². The minimum absolute atomic E-state index is 0.167. The van der Waals surface area contributed by atoms with Gasteiger partial charge in [-0.15, -0.1) is 0 Å². The molecule has 0 radical (unpaired) electrons. The number of hydrogen-bond donors (Lipinski definition) is 2. The van der Waals surface area contributed by atoms with E-state index in [1.807, 2.05) is 26.0 Å². The number of hydrogen-bond acceptors (Lipinski definition) is 4. The van der Waals surface area contributed by atoms with Crippen LogP contribution in [0.1, 0.15) is 25.8 Å². The number of fused-ring (bicyclic) bond motifs is 1. The fraction of sp³-hybridized carbons (Fsp3) is 0.588. The summed E-state index contributed by atoms with van der Waals surface area (Å²) in [6.07, 6.45) is 0.852. The number of methoxy groups -OCH3 is 1. The molecule has 1 aromatic rings. The van der Waals surface area contributed by atoms with Crippen LogP contribution in [0.15, 0.2) is 17.1 Å². The molecular formula is C17H26ClN3O3. The third-order valence-electron chi connectivity index (χ3n) is 3.43. The van der Waals surface area contributed by atoms with E-state index in [9.17, 15) is 0 Å². The normalized spacial score (nSPS) is 15.6. The summed E-state index contributed by atoms with van der Waals surface area (Å²) in [6.45, 7) is 7.22. The third-order valence-corrected chi connectivity index (χ3v) is 3.71. The Balaban J connectivity index is 2.10. The van der Waals surface area contributed by atoms with Crippen molar-refractivity contribution in [3.63, 3.8) is 0 Å². The first-order chi connectivity index (χ1) is 11.6. The summed E-state index contributed by atoms with van der Waals surface area (Å²) in [6, 6.07) is 3.99. The van der Waals surface area contributed by atoms with E-state index in [0.29, 0.717) is 42.9 Å². The standard InChI is InChI=1S/C17H26ClN3O3/c1-4-19-17(21-12(2)11-22-3)20-10-13-8-14(18)16-15(9-13)23-6-5-7-24-16/h8-9,12H,4-7,10-11H2,1-3H3,(H2,19,20,21). The first kappa shape index (κ1) is 18.7. The molecule has 24 heavy (non-hydrogen) atoms. The van der Waals surface area contributed by atoms with Crippen molar-refractivity contribution >= 4 is 17.6 Å². The van der Waals surface area contributed by atoms with Gasteiger partial charge in [-0.25, -0.2) is 4.99 Å². The van der Waals surface area contributed by atoms with Crippen molar-refractivity contribution < 1.29 is 14.2 Å². The van der Waals surface area contributed by atoms with Crippen molar-refractivity contribution in [1.82, 2.24) is 10.6 Å². The molecule has 134 valence electrons. The summed E-state index contributed by atoms with van der Waals surface area (Å²) in [5, 5.41) is 7.08. The molecule has 1 atom stereocenters. The van der Waals surface area contributed by atoms with Gasteiger partial charge in [-0.2, -0.15) is 0 Å². The van der Waals surface area contributed by atoms with E-state index in [0.717, 1.165) is 24.5 Å². The summed E-state index contributed by atoms with van der Waals surface area (Å²) in [5.74, 6) is 2.06. The summed E-state index contributed by atoms with van der Waals surface area (Å²) in [5.41, 5.74) is 0.973. The Kier molecular flexibility index (Phi) is 7.46. The van der Waals surface area contributed by atoms with Crippen molar-refractivity contribution in [2.75, 3.05) is 33.5 Å². The molecular weight excluding hydrogens is 330 g/mol. The number of aliphatic imine (C=N–C) groups is 1. The molecule has 1 aliphatic rings. The lowest BCUT2D eigenvalue weighted by Gasteiger charge is -2.17. The molecule has 1 aromatic carbocycles. The average molecular weight is 356 g/mol. The van der Waals surface area contributed by atoms with Crippen LogP contribution in [0.2, 0.25) is 5.02 Å². The SMILES string of the molecule is CCNC(=NCc1cc(Cl)c2c(c1)OCCCO2)NC(C)COC. The lowest BCUT2D eigenvalue weighted by Crippen LogP contribution is -2.43. The van der Waals surface area contributed by atoms with E-state index in [4.69, 9.17) is 25.8 Å². The summed E-state index contributed by atoms with van der Waals surface area (Å²) in [7, 11) is 1.68. The van der Waals surface area contributed by atoms with E-state index < -0.39 is 0 Å². The maximum atomic E-state index is 6.32. The van der Waals surface area contributed by atoms with Gasteiger partial charge in [0.2, 0.25) is 0 Å². The van der Waals surface area contributed by atoms with Gasteiger partial charge in [0.1, 0.15) is 0 Å². The number of ether oxygens (including phenoxy) is 3. The molecule has 0 saturated heterocycles. The molecule has 0 aromatic heterocycles. The van der Waals surface area contributed by atoms with Crippen LogP contribution in [0, 0.1) is 0 Å². The molecule has 2 rings (SSSR count). The molecule has 0 aliphatic carbocycles. The highest BCUT2D eigenvalue weighted by atomic mass is 35.5. The van der Waals surface area contributed by atoms with Gasteiger partial charge >= 0.3 is 0 Å². The van der Waals surface area contributed by atoms with Crippen LogP contribution in [0.5, 0.6) is 11.5 Å². The largest absolute Gasteiger partial charge is 0.489 e. The molecule has 0 fully saturated rings. The second-order valence-electron chi connectivity index (χ2n) is 5.65. The fourth-order valence-electron chi connectivity index (χ4n) is 2.39. The van der Waals surface area contributed by atoms with Gasteiger partial charge in [-0.05, 0) is 31.5 Å². The predicted molar refractivity (Wildman–Crippen MR) is 96.3 cm³/mol. The zero-order valence-corrected chi connectivity index (χ0v) is 15.3. The topological polar surface area (TPSA) is 64.1 Å². The molecule has 0 saturated carbocycles. The molecule has 7 heteroatoms. The quantitative estimate of drug-likeness (QED) is 0.606. The van der Waals surface area contributed by atoms with Gasteiger partial charge < -0.3 is 24.8 Å². The maximum Gasteiger partial charge on any atom is 0.191 e. The molecule has 1 aliphatic heterocycles. The number of nitrogens with one attached hydrogen (secondary N) is 2. The van der Waals surface area contributed by atoms with E-state index in [-0.39, 0.29) is 6.04 Å². The lowest BCUT2D eigenvalue weighted by molar-refractivity contribution is 0.179. The number of rotatable bonds is 6. The summed E-state index contributed by atoms with van der Waals surface area (Å²) in [4.78, 5) is 4.60. The Labute approximate surface area is 148 Å². The second kappa shape index (κ2) is 9.59. The smallest absolute Gasteiger partial charge is 0.191 e. The van der Waals surface area contributed by atoms with Crippen LogP contribution in [0.4, 0.5) is 0 Å². The molecule has 1 heterocycles. The van der Waals surface area contributed by atoms with Crippen molar-refractivity contribution in [1.29, 1.82) is 0 Å². The van der Waals surface area contributed by atoms with Gasteiger partial charge in [-0.1, -0.05) is 11.6 Å². The number of halogens is 1. The Morgan fingerprint density at radius 1 is 1.38 bits per heavy atom. The summed E-state index contributed by atoms with van der Waals surface area (Å²) < 4.78 is 16.5. The van der Waals surface area contributed by atoms with Gasteiger partial charge in [0.15, 0.2) is 17.5 Å². The number of benzene rings is 1. The van der Waals surface area contributed by atoms with Crippen molar-refractivity contribution in [3.8, 4) is 11.5 Å². The van der Waals surface area contributed by atoms with Gasteiger partial charge in [0.05, 0.1) is 31.4 Å². The zero-order chi connectivity index (χ0) is 17.4. The Morgan fingerprint density at radius 3 is 2.92 bits per heavy atom. The van der Waals surface area contributed by atoms with E-state index in [2.05, 4.69) is 15.6 Å². The molecule has 0 amide bonds. The maximum absolute atomic E-state index is 6.32. The zero-order valence-electron chi connectivity index (χ0n) is 14.5. The minimum Gasteiger partial charge on any atom is -0.489 e. The van der Waals surface area contributed by atoms with Crippen molar-refractivity contribution in [2.24, 2.45) is 4.99 Å². The molecule has 1 unspecified atom stereocenters. The van der Waals surface area contributed by atoms with Crippen LogP contribution in [-0.2, 0) is 11.3 Å². The monoisotopic (exact) mass is 355 g/mol. The molecule has 6 nitrogen and oxygen atoms in total. The van der Waals surface area contributed by atoms with Crippen LogP contribution < -0.4 is 20.1 Å². The lowest BCUT2D eigenvalue weighted by atomic mass is 10.2. The van der Waals surface area contributed by atoms with Gasteiger partial charge in [0.25, 0.3) is 0 Å². The summed E-state index contributed by atoms with van der Waals surface area (Å²) >= 11 is 6.32. The van der Waals surface area contributed by atoms with Gasteiger partial charge in [0, 0.05) is 26.1 Å². The molecule has 2 N–H and O–H groups in total.